The van der Waals surface area contributed by atoms with E-state index in [2.05, 4.69) is 0 Å². The Morgan fingerprint density at radius 1 is 1.12 bits per heavy atom. The zero-order chi connectivity index (χ0) is 10.7. The van der Waals surface area contributed by atoms with Gasteiger partial charge in [-0.25, -0.2) is 0 Å². The van der Waals surface area contributed by atoms with Crippen LogP contribution in [0.15, 0.2) is 0 Å². The molecule has 1 saturated heterocycles. The average Bonchev–Trinajstić information content (AvgIpc) is 2.31. The van der Waals surface area contributed by atoms with Crippen molar-refractivity contribution in [3.05, 3.63) is 0 Å². The molecule has 1 heterocycles. The summed E-state index contributed by atoms with van der Waals surface area (Å²) in [6.07, 6.45) is 8.97. The zero-order valence-electron chi connectivity index (χ0n) is 9.74. The Morgan fingerprint density at radius 3 is 2.31 bits per heavy atom. The van der Waals surface area contributed by atoms with E-state index < -0.39 is 5.60 Å². The van der Waals surface area contributed by atoms with Gasteiger partial charge < -0.3 is 10.5 Å². The zero-order valence-corrected chi connectivity index (χ0v) is 10.6. The lowest BCUT2D eigenvalue weighted by atomic mass is 9.73. The number of rotatable bonds is 2. The first-order chi connectivity index (χ1) is 7.26. The summed E-state index contributed by atoms with van der Waals surface area (Å²) in [5.74, 6) is 0.151. The van der Waals surface area contributed by atoms with Gasteiger partial charge in [0.1, 0.15) is 5.60 Å². The minimum atomic E-state index is -0.612. The molecule has 0 spiro atoms. The molecule has 1 amide bonds. The number of primary amides is 1. The van der Waals surface area contributed by atoms with Crippen LogP contribution in [0.4, 0.5) is 0 Å². The largest absolute Gasteiger partial charge is 0.367 e. The van der Waals surface area contributed by atoms with Gasteiger partial charge in [0.05, 0.1) is 0 Å². The van der Waals surface area contributed by atoms with Crippen molar-refractivity contribution in [2.45, 2.75) is 57.0 Å². The maximum absolute atomic E-state index is 11.7. The molecule has 1 atom stereocenters. The molecule has 0 bridgehead atoms. The van der Waals surface area contributed by atoms with Crippen molar-refractivity contribution in [1.82, 2.24) is 0 Å². The number of amides is 1. The number of carbonyl (C=O) groups is 1. The van der Waals surface area contributed by atoms with Crippen molar-refractivity contribution in [1.29, 1.82) is 0 Å². The van der Waals surface area contributed by atoms with Crippen LogP contribution in [0.5, 0.6) is 0 Å². The lowest BCUT2D eigenvalue weighted by Crippen LogP contribution is -2.54. The van der Waals surface area contributed by atoms with E-state index in [9.17, 15) is 4.79 Å². The fourth-order valence-electron chi connectivity index (χ4n) is 3.10. The minimum Gasteiger partial charge on any atom is -0.367 e. The molecule has 3 nitrogen and oxygen atoms in total. The van der Waals surface area contributed by atoms with E-state index >= 15 is 0 Å². The molecule has 1 aliphatic carbocycles. The summed E-state index contributed by atoms with van der Waals surface area (Å²) >= 11 is 0. The van der Waals surface area contributed by atoms with E-state index in [1.54, 1.807) is 0 Å². The van der Waals surface area contributed by atoms with Crippen molar-refractivity contribution in [3.8, 4) is 0 Å². The number of carbonyl (C=O) groups excluding carboxylic acids is 1. The van der Waals surface area contributed by atoms with Crippen LogP contribution in [0.25, 0.3) is 0 Å². The molecule has 0 aromatic heterocycles. The molecule has 2 rings (SSSR count). The van der Waals surface area contributed by atoms with Gasteiger partial charge in [-0.1, -0.05) is 19.3 Å². The van der Waals surface area contributed by atoms with E-state index in [0.29, 0.717) is 12.5 Å². The highest BCUT2D eigenvalue weighted by Gasteiger charge is 2.46. The van der Waals surface area contributed by atoms with E-state index in [0.717, 1.165) is 32.1 Å². The van der Waals surface area contributed by atoms with Gasteiger partial charge in [0.15, 0.2) is 0 Å². The van der Waals surface area contributed by atoms with Gasteiger partial charge in [-0.15, -0.1) is 12.4 Å². The number of halogens is 1. The van der Waals surface area contributed by atoms with Crippen LogP contribution in [0, 0.1) is 5.92 Å². The van der Waals surface area contributed by atoms with E-state index in [1.807, 2.05) is 0 Å². The first kappa shape index (κ1) is 13.8. The Balaban J connectivity index is 0.00000128. The fourth-order valence-corrected chi connectivity index (χ4v) is 3.10. The maximum Gasteiger partial charge on any atom is 0.249 e. The van der Waals surface area contributed by atoms with E-state index in [-0.39, 0.29) is 18.3 Å². The summed E-state index contributed by atoms with van der Waals surface area (Å²) in [4.78, 5) is 11.7. The lowest BCUT2D eigenvalue weighted by molar-refractivity contribution is -0.163. The summed E-state index contributed by atoms with van der Waals surface area (Å²) < 4.78 is 5.79. The first-order valence-electron chi connectivity index (χ1n) is 6.19. The second kappa shape index (κ2) is 5.87. The predicted octanol–water partition coefficient (Wildman–Crippen LogP) is 2.41. The van der Waals surface area contributed by atoms with Gasteiger partial charge in [0, 0.05) is 6.61 Å². The minimum absolute atomic E-state index is 0. The smallest absolute Gasteiger partial charge is 0.249 e. The molecule has 1 aliphatic heterocycles. The molecule has 2 N–H and O–H groups in total. The third kappa shape index (κ3) is 2.51. The Labute approximate surface area is 104 Å². The normalized spacial score (nSPS) is 31.8. The van der Waals surface area contributed by atoms with Crippen LogP contribution in [0.1, 0.15) is 51.4 Å². The molecule has 4 heteroatoms. The van der Waals surface area contributed by atoms with Gasteiger partial charge in [-0.05, 0) is 38.0 Å². The third-order valence-corrected chi connectivity index (χ3v) is 3.98. The molecule has 0 aromatic rings. The average molecular weight is 248 g/mol. The Kier molecular flexibility index (Phi) is 5.06. The number of ether oxygens (including phenoxy) is 1. The molecule has 2 aliphatic rings. The topological polar surface area (TPSA) is 52.3 Å². The molecule has 16 heavy (non-hydrogen) atoms. The van der Waals surface area contributed by atoms with Crippen molar-refractivity contribution in [2.24, 2.45) is 11.7 Å². The standard InChI is InChI=1S/C12H21NO2.ClH/c13-11(14)12(8-4-5-9-15-12)10-6-2-1-3-7-10;/h10H,1-9H2,(H2,13,14);1H. The summed E-state index contributed by atoms with van der Waals surface area (Å²) in [7, 11) is 0. The van der Waals surface area contributed by atoms with Crippen LogP contribution in [-0.2, 0) is 9.53 Å². The molecule has 0 radical (unpaired) electrons. The summed E-state index contributed by atoms with van der Waals surface area (Å²) in [6, 6.07) is 0. The second-order valence-corrected chi connectivity index (χ2v) is 4.89. The highest BCUT2D eigenvalue weighted by molar-refractivity contribution is 5.85. The van der Waals surface area contributed by atoms with Crippen molar-refractivity contribution in [2.75, 3.05) is 6.61 Å². The van der Waals surface area contributed by atoms with Gasteiger partial charge >= 0.3 is 0 Å². The Morgan fingerprint density at radius 2 is 1.81 bits per heavy atom. The molecule has 94 valence electrons. The SMILES string of the molecule is Cl.NC(=O)C1(C2CCCCC2)CCCCO1. The van der Waals surface area contributed by atoms with Crippen LogP contribution >= 0.6 is 12.4 Å². The fraction of sp³-hybridized carbons (Fsp3) is 0.917. The quantitative estimate of drug-likeness (QED) is 0.815. The number of hydrogen-bond donors (Lipinski definition) is 1. The van der Waals surface area contributed by atoms with Gasteiger partial charge in [0.25, 0.3) is 0 Å². The van der Waals surface area contributed by atoms with E-state index in [1.165, 1.54) is 19.3 Å². The summed E-state index contributed by atoms with van der Waals surface area (Å²) in [6.45, 7) is 0.708. The van der Waals surface area contributed by atoms with Crippen molar-refractivity contribution in [3.63, 3.8) is 0 Å². The Hall–Kier alpha value is -0.280. The summed E-state index contributed by atoms with van der Waals surface area (Å²) in [5, 5.41) is 0. The highest BCUT2D eigenvalue weighted by atomic mass is 35.5. The molecule has 0 aromatic carbocycles. The van der Waals surface area contributed by atoms with Crippen molar-refractivity contribution < 1.29 is 9.53 Å². The predicted molar refractivity (Wildman–Crippen MR) is 65.6 cm³/mol. The van der Waals surface area contributed by atoms with Gasteiger partial charge in [-0.3, -0.25) is 4.79 Å². The van der Waals surface area contributed by atoms with Crippen LogP contribution in [0.3, 0.4) is 0 Å². The lowest BCUT2D eigenvalue weighted by Gasteiger charge is -2.42. The van der Waals surface area contributed by atoms with Crippen LogP contribution < -0.4 is 5.73 Å². The molecule has 1 saturated carbocycles. The maximum atomic E-state index is 11.7. The van der Waals surface area contributed by atoms with Crippen molar-refractivity contribution >= 4 is 18.3 Å². The number of nitrogens with two attached hydrogens (primary N) is 1. The summed E-state index contributed by atoms with van der Waals surface area (Å²) in [5.41, 5.74) is 4.96. The van der Waals surface area contributed by atoms with E-state index in [4.69, 9.17) is 10.5 Å². The first-order valence-corrected chi connectivity index (χ1v) is 6.19. The second-order valence-electron chi connectivity index (χ2n) is 4.89. The van der Waals surface area contributed by atoms with Gasteiger partial charge in [-0.2, -0.15) is 0 Å². The highest BCUT2D eigenvalue weighted by Crippen LogP contribution is 2.40. The molecular weight excluding hydrogens is 226 g/mol. The van der Waals surface area contributed by atoms with Gasteiger partial charge in [0.2, 0.25) is 5.91 Å². The molecule has 2 fully saturated rings. The third-order valence-electron chi connectivity index (χ3n) is 3.98. The molecular formula is C12H22ClNO2. The van der Waals surface area contributed by atoms with Crippen LogP contribution in [0.2, 0.25) is 0 Å². The molecule has 1 unspecified atom stereocenters. The monoisotopic (exact) mass is 247 g/mol. The Bertz CT molecular complexity index is 233. The van der Waals surface area contributed by atoms with Crippen LogP contribution in [-0.4, -0.2) is 18.1 Å². The number of hydrogen-bond acceptors (Lipinski definition) is 2.